The average molecular weight is 416 g/mol. The normalized spacial score (nSPS) is 22.6. The van der Waals surface area contributed by atoms with Crippen molar-refractivity contribution < 1.29 is 9.21 Å². The molecule has 3 heterocycles. The molecule has 3 fully saturated rings. The van der Waals surface area contributed by atoms with Crippen molar-refractivity contribution in [2.75, 3.05) is 45.8 Å². The molecule has 7 heteroatoms. The van der Waals surface area contributed by atoms with Crippen molar-refractivity contribution in [1.82, 2.24) is 20.0 Å². The third-order valence-electron chi connectivity index (χ3n) is 6.82. The molecule has 1 aliphatic carbocycles. The Hall–Kier alpha value is -2.02. The van der Waals surface area contributed by atoms with Gasteiger partial charge in [0.2, 0.25) is 5.91 Å². The van der Waals surface area contributed by atoms with Crippen LogP contribution in [0, 0.1) is 0 Å². The molecule has 3 aliphatic rings. The molecule has 1 atom stereocenters. The van der Waals surface area contributed by atoms with Crippen LogP contribution in [-0.2, 0) is 11.2 Å². The van der Waals surface area contributed by atoms with Crippen LogP contribution in [0.1, 0.15) is 51.2 Å². The quantitative estimate of drug-likeness (QED) is 0.571. The van der Waals surface area contributed by atoms with Gasteiger partial charge in [0.1, 0.15) is 5.76 Å². The number of amides is 1. The fraction of sp³-hybridized carbons (Fsp3) is 0.739. The molecule has 2 saturated heterocycles. The molecule has 1 saturated carbocycles. The van der Waals surface area contributed by atoms with E-state index >= 15 is 0 Å². The summed E-state index contributed by atoms with van der Waals surface area (Å²) in [7, 11) is 0. The van der Waals surface area contributed by atoms with E-state index < -0.39 is 0 Å². The molecule has 7 nitrogen and oxygen atoms in total. The molecule has 2 aliphatic heterocycles. The number of nitrogens with one attached hydrogen (secondary N) is 1. The van der Waals surface area contributed by atoms with Crippen molar-refractivity contribution in [3.63, 3.8) is 0 Å². The Morgan fingerprint density at radius 2 is 1.83 bits per heavy atom. The van der Waals surface area contributed by atoms with Gasteiger partial charge in [-0.3, -0.25) is 14.7 Å². The molecule has 1 aromatic heterocycles. The number of hydrogen-bond donors (Lipinski definition) is 1. The van der Waals surface area contributed by atoms with Gasteiger partial charge in [0.25, 0.3) is 0 Å². The topological polar surface area (TPSA) is 64.3 Å². The minimum atomic E-state index is -0.0209. The van der Waals surface area contributed by atoms with Gasteiger partial charge in [-0.05, 0) is 44.7 Å². The molecule has 1 N–H and O–H groups in total. The van der Waals surface area contributed by atoms with E-state index in [-0.39, 0.29) is 6.04 Å². The largest absolute Gasteiger partial charge is 0.469 e. The lowest BCUT2D eigenvalue weighted by Crippen LogP contribution is -2.57. The summed E-state index contributed by atoms with van der Waals surface area (Å²) in [5.41, 5.74) is 0. The number of piperazine rings is 1. The summed E-state index contributed by atoms with van der Waals surface area (Å²) in [5, 5.41) is 3.73. The second-order valence-corrected chi connectivity index (χ2v) is 8.89. The third kappa shape index (κ3) is 5.36. The maximum Gasteiger partial charge on any atom is 0.239 e. The third-order valence-corrected chi connectivity index (χ3v) is 6.82. The highest BCUT2D eigenvalue weighted by molar-refractivity contribution is 5.82. The van der Waals surface area contributed by atoms with Gasteiger partial charge in [-0.2, -0.15) is 0 Å². The standard InChI is InChI=1S/C23H37N5O2/c1-19(22(29)27-12-4-5-13-27)26-14-16-28(17-15-26)23(25-20-7-2-3-8-20)24-11-10-21-9-6-18-30-21/h6,9,18-20H,2-5,7-8,10-17H2,1H3,(H,24,25). The lowest BCUT2D eigenvalue weighted by Gasteiger charge is -2.40. The van der Waals surface area contributed by atoms with Crippen LogP contribution < -0.4 is 5.32 Å². The lowest BCUT2D eigenvalue weighted by molar-refractivity contribution is -0.135. The van der Waals surface area contributed by atoms with Crippen LogP contribution in [0.5, 0.6) is 0 Å². The average Bonchev–Trinajstić information content (AvgIpc) is 3.56. The summed E-state index contributed by atoms with van der Waals surface area (Å²) in [6, 6.07) is 4.46. The Morgan fingerprint density at radius 1 is 1.10 bits per heavy atom. The first-order valence-electron chi connectivity index (χ1n) is 11.8. The monoisotopic (exact) mass is 415 g/mol. The first-order chi connectivity index (χ1) is 14.7. The highest BCUT2D eigenvalue weighted by Crippen LogP contribution is 2.19. The maximum absolute atomic E-state index is 12.8. The Kier molecular flexibility index (Phi) is 7.31. The van der Waals surface area contributed by atoms with Gasteiger partial charge in [0.15, 0.2) is 5.96 Å². The predicted molar refractivity (Wildman–Crippen MR) is 119 cm³/mol. The summed E-state index contributed by atoms with van der Waals surface area (Å²) < 4.78 is 5.45. The van der Waals surface area contributed by atoms with E-state index in [1.54, 1.807) is 6.26 Å². The van der Waals surface area contributed by atoms with Crippen molar-refractivity contribution in [1.29, 1.82) is 0 Å². The first-order valence-corrected chi connectivity index (χ1v) is 11.8. The van der Waals surface area contributed by atoms with Gasteiger partial charge in [0, 0.05) is 58.3 Å². The number of guanidine groups is 1. The number of rotatable bonds is 6. The summed E-state index contributed by atoms with van der Waals surface area (Å²) >= 11 is 0. The Labute approximate surface area is 180 Å². The van der Waals surface area contributed by atoms with Gasteiger partial charge < -0.3 is 19.5 Å². The molecule has 1 unspecified atom stereocenters. The van der Waals surface area contributed by atoms with Crippen LogP contribution in [0.25, 0.3) is 0 Å². The highest BCUT2D eigenvalue weighted by atomic mass is 16.3. The molecule has 0 spiro atoms. The molecule has 30 heavy (non-hydrogen) atoms. The van der Waals surface area contributed by atoms with Crippen LogP contribution in [0.15, 0.2) is 27.8 Å². The Balaban J connectivity index is 1.32. The van der Waals surface area contributed by atoms with Crippen LogP contribution in [0.3, 0.4) is 0 Å². The number of likely N-dealkylation sites (tertiary alicyclic amines) is 1. The first kappa shape index (κ1) is 21.2. The number of aliphatic imine (C=N–C) groups is 1. The molecule has 0 radical (unpaired) electrons. The van der Waals surface area contributed by atoms with Gasteiger partial charge in [0.05, 0.1) is 12.3 Å². The van der Waals surface area contributed by atoms with Crippen LogP contribution >= 0.6 is 0 Å². The number of hydrogen-bond acceptors (Lipinski definition) is 4. The van der Waals surface area contributed by atoms with E-state index in [2.05, 4.69) is 22.0 Å². The molecule has 1 amide bonds. The number of carbonyl (C=O) groups is 1. The molecular weight excluding hydrogens is 378 g/mol. The summed E-state index contributed by atoms with van der Waals surface area (Å²) in [4.78, 5) is 24.5. The van der Waals surface area contributed by atoms with E-state index in [1.165, 1.54) is 25.7 Å². The van der Waals surface area contributed by atoms with E-state index in [0.717, 1.165) is 76.8 Å². The molecule has 166 valence electrons. The highest BCUT2D eigenvalue weighted by Gasteiger charge is 2.31. The van der Waals surface area contributed by atoms with Crippen molar-refractivity contribution >= 4 is 11.9 Å². The molecule has 0 bridgehead atoms. The zero-order valence-corrected chi connectivity index (χ0v) is 18.4. The summed E-state index contributed by atoms with van der Waals surface area (Å²) in [6.07, 6.45) is 9.93. The fourth-order valence-electron chi connectivity index (χ4n) is 4.90. The van der Waals surface area contributed by atoms with E-state index in [4.69, 9.17) is 9.41 Å². The van der Waals surface area contributed by atoms with Gasteiger partial charge in [-0.15, -0.1) is 0 Å². The minimum absolute atomic E-state index is 0.0209. The number of nitrogens with zero attached hydrogens (tertiary/aromatic N) is 4. The second kappa shape index (κ2) is 10.3. The van der Waals surface area contributed by atoms with Crippen LogP contribution in [0.4, 0.5) is 0 Å². The predicted octanol–water partition coefficient (Wildman–Crippen LogP) is 2.34. The summed E-state index contributed by atoms with van der Waals surface area (Å²) in [5.74, 6) is 2.32. The minimum Gasteiger partial charge on any atom is -0.469 e. The zero-order valence-electron chi connectivity index (χ0n) is 18.4. The van der Waals surface area contributed by atoms with Gasteiger partial charge >= 0.3 is 0 Å². The van der Waals surface area contributed by atoms with E-state index in [0.29, 0.717) is 11.9 Å². The van der Waals surface area contributed by atoms with Crippen molar-refractivity contribution in [3.05, 3.63) is 24.2 Å². The lowest BCUT2D eigenvalue weighted by atomic mass is 10.2. The Morgan fingerprint density at radius 3 is 2.50 bits per heavy atom. The fourth-order valence-corrected chi connectivity index (χ4v) is 4.90. The van der Waals surface area contributed by atoms with Gasteiger partial charge in [-0.25, -0.2) is 0 Å². The SMILES string of the molecule is CC(C(=O)N1CCCC1)N1CCN(C(=NCCc2ccco2)NC2CCCC2)CC1. The Bertz CT molecular complexity index is 684. The number of carbonyl (C=O) groups excluding carboxylic acids is 1. The zero-order chi connectivity index (χ0) is 20.8. The molecule has 0 aromatic carbocycles. The van der Waals surface area contributed by atoms with Crippen LogP contribution in [-0.4, -0.2) is 84.5 Å². The number of furan rings is 1. The van der Waals surface area contributed by atoms with E-state index in [9.17, 15) is 4.79 Å². The maximum atomic E-state index is 12.8. The van der Waals surface area contributed by atoms with Crippen molar-refractivity contribution in [3.8, 4) is 0 Å². The summed E-state index contributed by atoms with van der Waals surface area (Å²) in [6.45, 7) is 8.31. The second-order valence-electron chi connectivity index (χ2n) is 8.89. The van der Waals surface area contributed by atoms with Gasteiger partial charge in [-0.1, -0.05) is 12.8 Å². The van der Waals surface area contributed by atoms with Crippen LogP contribution in [0.2, 0.25) is 0 Å². The molecular formula is C23H37N5O2. The van der Waals surface area contributed by atoms with E-state index in [1.807, 2.05) is 17.0 Å². The molecule has 1 aromatic rings. The van der Waals surface area contributed by atoms with Crippen molar-refractivity contribution in [2.24, 2.45) is 4.99 Å². The molecule has 4 rings (SSSR count). The van der Waals surface area contributed by atoms with Crippen molar-refractivity contribution in [2.45, 2.75) is 64.0 Å². The smallest absolute Gasteiger partial charge is 0.239 e.